The zero-order valence-corrected chi connectivity index (χ0v) is 18.8. The van der Waals surface area contributed by atoms with Gasteiger partial charge < -0.3 is 4.74 Å². The molecule has 3 fully saturated rings. The highest BCUT2D eigenvalue weighted by Gasteiger charge is 2.58. The molecule has 0 aliphatic heterocycles. The Morgan fingerprint density at radius 2 is 1.76 bits per heavy atom. The first-order valence-corrected chi connectivity index (χ1v) is 12.3. The Morgan fingerprint density at radius 1 is 1.00 bits per heavy atom. The molecule has 0 N–H and O–H groups in total. The van der Waals surface area contributed by atoms with Gasteiger partial charge in [-0.3, -0.25) is 9.59 Å². The second-order valence-electron chi connectivity index (χ2n) is 10.8. The summed E-state index contributed by atoms with van der Waals surface area (Å²) in [5.74, 6) is 2.53. The van der Waals surface area contributed by atoms with Crippen molar-refractivity contribution in [2.45, 2.75) is 110 Å². The molecule has 6 atom stereocenters. The van der Waals surface area contributed by atoms with Gasteiger partial charge in [-0.25, -0.2) is 0 Å². The van der Waals surface area contributed by atoms with Gasteiger partial charge in [0.15, 0.2) is 0 Å². The standard InChI is InChI=1S/C26H40O3/c1-4-5-6-7-8-24(28)29-19-13-15-25(2)18(17-19)9-10-20-21-11-12-23(27)26(21,3)16-14-22(20)25/h17,19-22H,4-16H2,1-3H3/t19?,20?,21?,22?,25-,26-/m0/s1. The molecule has 4 aliphatic rings. The van der Waals surface area contributed by atoms with Gasteiger partial charge in [0.05, 0.1) is 0 Å². The Morgan fingerprint density at radius 3 is 2.55 bits per heavy atom. The zero-order chi connectivity index (χ0) is 20.6. The van der Waals surface area contributed by atoms with Gasteiger partial charge in [-0.15, -0.1) is 0 Å². The van der Waals surface area contributed by atoms with Crippen molar-refractivity contribution in [2.75, 3.05) is 0 Å². The van der Waals surface area contributed by atoms with E-state index >= 15 is 0 Å². The maximum atomic E-state index is 12.6. The highest BCUT2D eigenvalue weighted by Crippen LogP contribution is 2.64. The molecule has 3 heteroatoms. The third-order valence-corrected chi connectivity index (χ3v) is 9.30. The summed E-state index contributed by atoms with van der Waals surface area (Å²) in [6.45, 7) is 6.92. The molecule has 0 aromatic rings. The van der Waals surface area contributed by atoms with Crippen molar-refractivity contribution < 1.29 is 14.3 Å². The number of esters is 1. The molecule has 0 radical (unpaired) electrons. The quantitative estimate of drug-likeness (QED) is 0.294. The molecule has 0 amide bonds. The van der Waals surface area contributed by atoms with Gasteiger partial charge >= 0.3 is 5.97 Å². The van der Waals surface area contributed by atoms with E-state index in [1.165, 1.54) is 25.7 Å². The lowest BCUT2D eigenvalue weighted by Crippen LogP contribution is -2.50. The predicted molar refractivity (Wildman–Crippen MR) is 115 cm³/mol. The molecule has 0 spiro atoms. The molecule has 4 unspecified atom stereocenters. The Hall–Kier alpha value is -1.12. The molecule has 0 aromatic carbocycles. The number of carbonyl (C=O) groups excluding carboxylic acids is 2. The fourth-order valence-corrected chi connectivity index (χ4v) is 7.48. The number of allylic oxidation sites excluding steroid dienone is 1. The molecule has 0 aromatic heterocycles. The Balaban J connectivity index is 1.41. The number of carbonyl (C=O) groups is 2. The van der Waals surface area contributed by atoms with Crippen LogP contribution in [0, 0.1) is 28.6 Å². The van der Waals surface area contributed by atoms with Gasteiger partial charge in [0.2, 0.25) is 0 Å². The minimum atomic E-state index is -0.0384. The summed E-state index contributed by atoms with van der Waals surface area (Å²) < 4.78 is 5.84. The third kappa shape index (κ3) is 3.72. The first-order chi connectivity index (χ1) is 13.9. The molecule has 0 bridgehead atoms. The molecule has 3 saturated carbocycles. The van der Waals surface area contributed by atoms with Gasteiger partial charge in [-0.05, 0) is 80.6 Å². The van der Waals surface area contributed by atoms with Crippen molar-refractivity contribution in [1.29, 1.82) is 0 Å². The predicted octanol–water partition coefficient (Wildman–Crippen LogP) is 6.40. The molecular weight excluding hydrogens is 360 g/mol. The summed E-state index contributed by atoms with van der Waals surface area (Å²) in [7, 11) is 0. The molecule has 0 saturated heterocycles. The van der Waals surface area contributed by atoms with Gasteiger partial charge in [-0.2, -0.15) is 0 Å². The lowest BCUT2D eigenvalue weighted by atomic mass is 9.47. The SMILES string of the molecule is CCCCCCC(=O)OC1C=C2CCC3C(CC[C@]4(C)C(=O)CCC34)[C@@]2(C)CC1. The average molecular weight is 401 g/mol. The molecule has 4 aliphatic carbocycles. The van der Waals surface area contributed by atoms with Crippen LogP contribution in [0.4, 0.5) is 0 Å². The van der Waals surface area contributed by atoms with E-state index in [-0.39, 0.29) is 22.9 Å². The number of rotatable bonds is 6. The second-order valence-corrected chi connectivity index (χ2v) is 10.8. The van der Waals surface area contributed by atoms with E-state index in [1.54, 1.807) is 5.57 Å². The topological polar surface area (TPSA) is 43.4 Å². The van der Waals surface area contributed by atoms with E-state index in [9.17, 15) is 9.59 Å². The van der Waals surface area contributed by atoms with Crippen molar-refractivity contribution in [3.63, 3.8) is 0 Å². The van der Waals surface area contributed by atoms with Crippen LogP contribution in [0.2, 0.25) is 0 Å². The lowest BCUT2D eigenvalue weighted by molar-refractivity contribution is -0.148. The smallest absolute Gasteiger partial charge is 0.306 e. The van der Waals surface area contributed by atoms with E-state index in [0.717, 1.165) is 51.4 Å². The molecule has 29 heavy (non-hydrogen) atoms. The Bertz CT molecular complexity index is 679. The normalized spacial score (nSPS) is 41.2. The number of Topliss-reactive ketones (excluding diaryl/α,β-unsaturated/α-hetero) is 1. The Kier molecular flexibility index (Phi) is 5.97. The van der Waals surface area contributed by atoms with E-state index in [0.29, 0.717) is 30.0 Å². The van der Waals surface area contributed by atoms with E-state index in [2.05, 4.69) is 26.8 Å². The lowest BCUT2D eigenvalue weighted by Gasteiger charge is -2.57. The summed E-state index contributed by atoms with van der Waals surface area (Å²) in [6, 6.07) is 0. The third-order valence-electron chi connectivity index (χ3n) is 9.30. The van der Waals surface area contributed by atoms with Crippen LogP contribution in [0.3, 0.4) is 0 Å². The number of hydrogen-bond donors (Lipinski definition) is 0. The van der Waals surface area contributed by atoms with E-state index in [1.807, 2.05) is 0 Å². The fourth-order valence-electron chi connectivity index (χ4n) is 7.48. The molecular formula is C26H40O3. The summed E-state index contributed by atoms with van der Waals surface area (Å²) in [6.07, 6.45) is 16.0. The molecule has 0 heterocycles. The van der Waals surface area contributed by atoms with Crippen LogP contribution in [0.25, 0.3) is 0 Å². The number of ether oxygens (including phenoxy) is 1. The van der Waals surface area contributed by atoms with E-state index < -0.39 is 0 Å². The number of fused-ring (bicyclic) bond motifs is 5. The monoisotopic (exact) mass is 400 g/mol. The zero-order valence-electron chi connectivity index (χ0n) is 18.8. The summed E-state index contributed by atoms with van der Waals surface area (Å²) in [4.78, 5) is 24.8. The van der Waals surface area contributed by atoms with Crippen molar-refractivity contribution in [2.24, 2.45) is 28.6 Å². The van der Waals surface area contributed by atoms with Gasteiger partial charge in [-0.1, -0.05) is 45.6 Å². The van der Waals surface area contributed by atoms with Crippen LogP contribution in [0.5, 0.6) is 0 Å². The maximum Gasteiger partial charge on any atom is 0.306 e. The number of unbranched alkanes of at least 4 members (excludes halogenated alkanes) is 3. The van der Waals surface area contributed by atoms with Crippen LogP contribution in [0.1, 0.15) is 104 Å². The summed E-state index contributed by atoms with van der Waals surface area (Å²) >= 11 is 0. The summed E-state index contributed by atoms with van der Waals surface area (Å²) in [5.41, 5.74) is 1.75. The Labute approximate surface area is 177 Å². The van der Waals surface area contributed by atoms with Crippen molar-refractivity contribution in [3.05, 3.63) is 11.6 Å². The average Bonchev–Trinajstić information content (AvgIpc) is 3.00. The number of ketones is 1. The number of hydrogen-bond acceptors (Lipinski definition) is 3. The first kappa shape index (κ1) is 21.1. The highest BCUT2D eigenvalue weighted by atomic mass is 16.5. The summed E-state index contributed by atoms with van der Waals surface area (Å²) in [5, 5.41) is 0. The van der Waals surface area contributed by atoms with Crippen LogP contribution < -0.4 is 0 Å². The first-order valence-electron chi connectivity index (χ1n) is 12.3. The molecule has 162 valence electrons. The van der Waals surface area contributed by atoms with Crippen molar-refractivity contribution in [3.8, 4) is 0 Å². The van der Waals surface area contributed by atoms with Crippen LogP contribution >= 0.6 is 0 Å². The molecule has 4 rings (SSSR count). The highest BCUT2D eigenvalue weighted by molar-refractivity contribution is 5.87. The largest absolute Gasteiger partial charge is 0.458 e. The van der Waals surface area contributed by atoms with Crippen LogP contribution in [-0.2, 0) is 14.3 Å². The minimum absolute atomic E-state index is 0.0156. The van der Waals surface area contributed by atoms with E-state index in [4.69, 9.17) is 4.74 Å². The fraction of sp³-hybridized carbons (Fsp3) is 0.846. The van der Waals surface area contributed by atoms with Gasteiger partial charge in [0.25, 0.3) is 0 Å². The minimum Gasteiger partial charge on any atom is -0.458 e. The molecule has 3 nitrogen and oxygen atoms in total. The van der Waals surface area contributed by atoms with Crippen molar-refractivity contribution in [1.82, 2.24) is 0 Å². The van der Waals surface area contributed by atoms with Gasteiger partial charge in [0.1, 0.15) is 11.9 Å². The van der Waals surface area contributed by atoms with Crippen LogP contribution in [-0.4, -0.2) is 17.9 Å². The maximum absolute atomic E-state index is 12.6. The van der Waals surface area contributed by atoms with Crippen LogP contribution in [0.15, 0.2) is 11.6 Å². The van der Waals surface area contributed by atoms with Gasteiger partial charge in [0, 0.05) is 18.3 Å². The second kappa shape index (κ2) is 8.19. The van der Waals surface area contributed by atoms with Crippen molar-refractivity contribution >= 4 is 11.8 Å².